The summed E-state index contributed by atoms with van der Waals surface area (Å²) in [5, 5.41) is 8.56. The lowest BCUT2D eigenvalue weighted by Gasteiger charge is -2.30. The van der Waals surface area contributed by atoms with Crippen LogP contribution >= 0.6 is 0 Å². The fraction of sp³-hybridized carbons (Fsp3) is 0.375. The average Bonchev–Trinajstić information content (AvgIpc) is 3.49. The Morgan fingerprint density at radius 2 is 1.88 bits per heavy atom. The van der Waals surface area contributed by atoms with E-state index in [1.165, 1.54) is 0 Å². The SMILES string of the molecule is CCCC(=O)Cn1cc(-c2nc([C@@](C)(c3ccc(-c4cnc(N)nc4)nc3)C(C)C)no2)cn1. The Morgan fingerprint density at radius 1 is 1.12 bits per heavy atom. The van der Waals surface area contributed by atoms with Gasteiger partial charge in [0, 0.05) is 36.8 Å². The highest BCUT2D eigenvalue weighted by Gasteiger charge is 2.38. The van der Waals surface area contributed by atoms with Crippen LogP contribution in [0.1, 0.15) is 51.9 Å². The summed E-state index contributed by atoms with van der Waals surface area (Å²) in [7, 11) is 0. The minimum absolute atomic E-state index is 0.136. The van der Waals surface area contributed by atoms with Crippen LogP contribution in [0.5, 0.6) is 0 Å². The zero-order valence-corrected chi connectivity index (χ0v) is 19.8. The largest absolute Gasteiger partial charge is 0.368 e. The van der Waals surface area contributed by atoms with Crippen molar-refractivity contribution in [2.45, 2.75) is 52.5 Å². The van der Waals surface area contributed by atoms with E-state index < -0.39 is 5.41 Å². The first-order valence-corrected chi connectivity index (χ1v) is 11.2. The number of anilines is 1. The second kappa shape index (κ2) is 9.50. The van der Waals surface area contributed by atoms with Crippen LogP contribution in [-0.2, 0) is 16.8 Å². The Kier molecular flexibility index (Phi) is 6.49. The summed E-state index contributed by atoms with van der Waals surface area (Å²) < 4.78 is 7.19. The van der Waals surface area contributed by atoms with Crippen LogP contribution < -0.4 is 5.73 Å². The molecule has 0 fully saturated rings. The first-order chi connectivity index (χ1) is 16.3. The topological polar surface area (TPSA) is 138 Å². The summed E-state index contributed by atoms with van der Waals surface area (Å²) in [6.07, 6.45) is 9.85. The van der Waals surface area contributed by atoms with Gasteiger partial charge in [-0.3, -0.25) is 14.5 Å². The minimum atomic E-state index is -0.544. The summed E-state index contributed by atoms with van der Waals surface area (Å²) in [6.45, 7) is 8.50. The predicted molar refractivity (Wildman–Crippen MR) is 126 cm³/mol. The van der Waals surface area contributed by atoms with Crippen molar-refractivity contribution in [3.05, 3.63) is 54.5 Å². The van der Waals surface area contributed by atoms with Crippen LogP contribution in [0.15, 0.2) is 47.6 Å². The number of carbonyl (C=O) groups excluding carboxylic acids is 1. The molecule has 0 radical (unpaired) electrons. The maximum atomic E-state index is 11.9. The van der Waals surface area contributed by atoms with Gasteiger partial charge in [-0.25, -0.2) is 9.97 Å². The minimum Gasteiger partial charge on any atom is -0.368 e. The number of nitrogens with two attached hydrogens (primary N) is 1. The summed E-state index contributed by atoms with van der Waals surface area (Å²) in [6, 6.07) is 3.93. The third kappa shape index (κ3) is 4.57. The molecule has 4 rings (SSSR count). The number of rotatable bonds is 9. The zero-order chi connectivity index (χ0) is 24.3. The molecule has 10 heteroatoms. The molecule has 0 saturated heterocycles. The lowest BCUT2D eigenvalue weighted by molar-refractivity contribution is -0.119. The molecule has 0 saturated carbocycles. The quantitative estimate of drug-likeness (QED) is 0.396. The molecule has 2 N–H and O–H groups in total. The number of hydrogen-bond donors (Lipinski definition) is 1. The van der Waals surface area contributed by atoms with Crippen molar-refractivity contribution >= 4 is 11.7 Å². The van der Waals surface area contributed by atoms with Gasteiger partial charge in [0.15, 0.2) is 11.6 Å². The molecule has 0 aliphatic carbocycles. The van der Waals surface area contributed by atoms with Crippen molar-refractivity contribution in [2.24, 2.45) is 5.92 Å². The molecule has 4 heterocycles. The molecule has 0 aliphatic rings. The number of ketones is 1. The van der Waals surface area contributed by atoms with E-state index in [9.17, 15) is 4.79 Å². The van der Waals surface area contributed by atoms with Gasteiger partial charge in [-0.15, -0.1) is 0 Å². The van der Waals surface area contributed by atoms with Crippen LogP contribution in [0.4, 0.5) is 5.95 Å². The highest BCUT2D eigenvalue weighted by Crippen LogP contribution is 2.38. The fourth-order valence-corrected chi connectivity index (χ4v) is 3.71. The van der Waals surface area contributed by atoms with Crippen molar-refractivity contribution in [1.82, 2.24) is 34.9 Å². The summed E-state index contributed by atoms with van der Waals surface area (Å²) in [5.41, 5.74) is 8.18. The molecule has 0 spiro atoms. The van der Waals surface area contributed by atoms with Crippen LogP contribution in [0.2, 0.25) is 0 Å². The van der Waals surface area contributed by atoms with Gasteiger partial charge in [-0.05, 0) is 30.9 Å². The molecule has 34 heavy (non-hydrogen) atoms. The van der Waals surface area contributed by atoms with E-state index in [4.69, 9.17) is 15.2 Å². The van der Waals surface area contributed by atoms with Crippen LogP contribution in [0, 0.1) is 5.92 Å². The maximum Gasteiger partial charge on any atom is 0.261 e. The van der Waals surface area contributed by atoms with Gasteiger partial charge in [0.2, 0.25) is 5.95 Å². The van der Waals surface area contributed by atoms with Gasteiger partial charge >= 0.3 is 0 Å². The molecule has 0 unspecified atom stereocenters. The third-order valence-corrected chi connectivity index (χ3v) is 6.12. The number of pyridine rings is 1. The first kappa shape index (κ1) is 23.2. The molecule has 0 aromatic carbocycles. The fourth-order valence-electron chi connectivity index (χ4n) is 3.71. The summed E-state index contributed by atoms with van der Waals surface area (Å²) >= 11 is 0. The van der Waals surface area contributed by atoms with Crippen molar-refractivity contribution in [1.29, 1.82) is 0 Å². The normalized spacial score (nSPS) is 13.2. The number of aromatic nitrogens is 7. The number of nitrogens with zero attached hydrogens (tertiary/aromatic N) is 7. The van der Waals surface area contributed by atoms with Crippen LogP contribution in [0.3, 0.4) is 0 Å². The standard InChI is InChI=1S/C24H28N8O2/c1-5-6-19(33)14-32-13-17(11-29-32)21-30-22(31-34-21)24(4,15(2)3)18-7-8-20(26-12-18)16-9-27-23(25)28-10-16/h7-13,15H,5-6,14H2,1-4H3,(H2,25,27,28)/t24-/m1/s1. The van der Waals surface area contributed by atoms with Gasteiger partial charge in [0.1, 0.15) is 0 Å². The van der Waals surface area contributed by atoms with Gasteiger partial charge in [-0.2, -0.15) is 10.1 Å². The van der Waals surface area contributed by atoms with Crippen molar-refractivity contribution in [3.8, 4) is 22.7 Å². The lowest BCUT2D eigenvalue weighted by atomic mass is 9.73. The van der Waals surface area contributed by atoms with E-state index in [1.807, 2.05) is 25.3 Å². The first-order valence-electron chi connectivity index (χ1n) is 11.2. The summed E-state index contributed by atoms with van der Waals surface area (Å²) in [4.78, 5) is 29.3. The monoisotopic (exact) mass is 460 g/mol. The van der Waals surface area contributed by atoms with E-state index in [0.717, 1.165) is 23.2 Å². The third-order valence-electron chi connectivity index (χ3n) is 6.12. The van der Waals surface area contributed by atoms with Crippen LogP contribution in [-0.4, -0.2) is 40.7 Å². The molecular weight excluding hydrogens is 432 g/mol. The Morgan fingerprint density at radius 3 is 2.53 bits per heavy atom. The Hall–Kier alpha value is -3.95. The molecule has 4 aromatic heterocycles. The highest BCUT2D eigenvalue weighted by molar-refractivity contribution is 5.78. The van der Waals surface area contributed by atoms with Gasteiger partial charge in [0.25, 0.3) is 5.89 Å². The van der Waals surface area contributed by atoms with E-state index in [-0.39, 0.29) is 24.2 Å². The van der Waals surface area contributed by atoms with Gasteiger partial charge < -0.3 is 10.3 Å². The van der Waals surface area contributed by atoms with E-state index in [0.29, 0.717) is 23.7 Å². The predicted octanol–water partition coefficient (Wildman–Crippen LogP) is 3.70. The molecule has 10 nitrogen and oxygen atoms in total. The highest BCUT2D eigenvalue weighted by atomic mass is 16.5. The second-order valence-electron chi connectivity index (χ2n) is 8.76. The Bertz CT molecular complexity index is 1260. The molecule has 0 aliphatic heterocycles. The van der Waals surface area contributed by atoms with Gasteiger partial charge in [-0.1, -0.05) is 32.0 Å². The molecular formula is C24H28N8O2. The zero-order valence-electron chi connectivity index (χ0n) is 19.8. The van der Waals surface area contributed by atoms with Crippen LogP contribution in [0.25, 0.3) is 22.7 Å². The van der Waals surface area contributed by atoms with Crippen molar-refractivity contribution in [2.75, 3.05) is 5.73 Å². The van der Waals surface area contributed by atoms with Gasteiger partial charge in [0.05, 0.1) is 29.4 Å². The number of hydrogen-bond acceptors (Lipinski definition) is 9. The number of nitrogen functional groups attached to an aromatic ring is 1. The van der Waals surface area contributed by atoms with E-state index in [1.54, 1.807) is 29.5 Å². The maximum absolute atomic E-state index is 11.9. The molecule has 0 amide bonds. The Balaban J connectivity index is 1.60. The van der Waals surface area contributed by atoms with Crippen molar-refractivity contribution in [3.63, 3.8) is 0 Å². The average molecular weight is 461 g/mol. The van der Waals surface area contributed by atoms with E-state index >= 15 is 0 Å². The smallest absolute Gasteiger partial charge is 0.261 e. The number of Topliss-reactive ketones (excluding diaryl/α,β-unsaturated/α-hetero) is 1. The molecule has 0 bridgehead atoms. The Labute approximate surface area is 197 Å². The summed E-state index contributed by atoms with van der Waals surface area (Å²) in [5.74, 6) is 1.42. The molecule has 176 valence electrons. The second-order valence-corrected chi connectivity index (χ2v) is 8.76. The molecule has 1 atom stereocenters. The lowest BCUT2D eigenvalue weighted by Crippen LogP contribution is -2.31. The van der Waals surface area contributed by atoms with Crippen molar-refractivity contribution < 1.29 is 9.32 Å². The number of carbonyl (C=O) groups is 1. The van der Waals surface area contributed by atoms with E-state index in [2.05, 4.69) is 46.0 Å². The molecule has 4 aromatic rings.